The molecule has 1 aromatic heterocycles. The number of hydrogen-bond donors (Lipinski definition) is 1. The van der Waals surface area contributed by atoms with E-state index in [1.54, 1.807) is 0 Å². The molecule has 0 fully saturated rings. The molecule has 0 bridgehead atoms. The van der Waals surface area contributed by atoms with Crippen molar-refractivity contribution in [3.05, 3.63) is 35.9 Å². The molecule has 0 saturated heterocycles. The molecule has 0 spiro atoms. The van der Waals surface area contributed by atoms with Gasteiger partial charge in [-0.25, -0.2) is 0 Å². The van der Waals surface area contributed by atoms with Crippen LogP contribution in [-0.2, 0) is 0 Å². The van der Waals surface area contributed by atoms with E-state index in [9.17, 15) is 0 Å². The van der Waals surface area contributed by atoms with Gasteiger partial charge in [0.1, 0.15) is 0 Å². The molecule has 1 N–H and O–H groups in total. The van der Waals surface area contributed by atoms with Gasteiger partial charge in [-0.05, 0) is 25.1 Å². The number of aromatic amines is 1. The molecule has 17 heavy (non-hydrogen) atoms. The lowest BCUT2D eigenvalue weighted by Crippen LogP contribution is -1.92. The summed E-state index contributed by atoms with van der Waals surface area (Å²) in [6.07, 6.45) is 0. The van der Waals surface area contributed by atoms with Crippen molar-refractivity contribution in [2.45, 2.75) is 6.92 Å². The number of H-pyrrole nitrogens is 1. The molecule has 0 radical (unpaired) electrons. The second-order valence-electron chi connectivity index (χ2n) is 4.43. The fourth-order valence-corrected chi connectivity index (χ4v) is 2.40. The smallest absolute Gasteiger partial charge is 0.231 e. The number of ether oxygens (including phenoxy) is 2. The first kappa shape index (κ1) is 8.93. The Morgan fingerprint density at radius 3 is 2.59 bits per heavy atom. The van der Waals surface area contributed by atoms with Gasteiger partial charge in [0, 0.05) is 22.4 Å². The Balaban J connectivity index is 2.16. The molecular weight excluding hydrogens is 214 g/mol. The van der Waals surface area contributed by atoms with E-state index in [4.69, 9.17) is 9.47 Å². The predicted molar refractivity (Wildman–Crippen MR) is 66.7 cm³/mol. The average molecular weight is 225 g/mol. The third-order valence-electron chi connectivity index (χ3n) is 3.25. The summed E-state index contributed by atoms with van der Waals surface area (Å²) in [5.74, 6) is 1.65. The van der Waals surface area contributed by atoms with E-state index >= 15 is 0 Å². The van der Waals surface area contributed by atoms with Gasteiger partial charge in [-0.3, -0.25) is 0 Å². The molecule has 1 aliphatic heterocycles. The van der Waals surface area contributed by atoms with Crippen molar-refractivity contribution in [2.75, 3.05) is 6.79 Å². The number of benzene rings is 2. The zero-order valence-electron chi connectivity index (χ0n) is 9.41. The van der Waals surface area contributed by atoms with Gasteiger partial charge in [0.25, 0.3) is 0 Å². The Morgan fingerprint density at radius 1 is 0.941 bits per heavy atom. The van der Waals surface area contributed by atoms with Crippen LogP contribution in [0.5, 0.6) is 11.5 Å². The van der Waals surface area contributed by atoms with E-state index in [0.29, 0.717) is 6.79 Å². The van der Waals surface area contributed by atoms with Crippen molar-refractivity contribution in [1.82, 2.24) is 4.98 Å². The summed E-state index contributed by atoms with van der Waals surface area (Å²) in [6.45, 7) is 2.42. The molecule has 0 unspecified atom stereocenters. The predicted octanol–water partition coefficient (Wildman–Crippen LogP) is 3.36. The number of rotatable bonds is 0. The highest BCUT2D eigenvalue weighted by Gasteiger charge is 2.16. The van der Waals surface area contributed by atoms with Crippen molar-refractivity contribution >= 4 is 21.8 Å². The SMILES string of the molecule is Cc1ccc2[nH]c3cc4c(cc3c2c1)OCO4. The summed E-state index contributed by atoms with van der Waals surface area (Å²) in [4.78, 5) is 3.40. The first-order valence-corrected chi connectivity index (χ1v) is 5.63. The van der Waals surface area contributed by atoms with Gasteiger partial charge in [0.2, 0.25) is 6.79 Å². The minimum atomic E-state index is 0.318. The van der Waals surface area contributed by atoms with Gasteiger partial charge in [-0.2, -0.15) is 0 Å². The van der Waals surface area contributed by atoms with E-state index < -0.39 is 0 Å². The van der Waals surface area contributed by atoms with Crippen LogP contribution in [0.15, 0.2) is 30.3 Å². The van der Waals surface area contributed by atoms with Crippen LogP contribution in [0.2, 0.25) is 0 Å². The van der Waals surface area contributed by atoms with Crippen LogP contribution in [0.1, 0.15) is 5.56 Å². The summed E-state index contributed by atoms with van der Waals surface area (Å²) >= 11 is 0. The normalized spacial score (nSPS) is 13.7. The fourth-order valence-electron chi connectivity index (χ4n) is 2.40. The van der Waals surface area contributed by atoms with E-state index in [-0.39, 0.29) is 0 Å². The Labute approximate surface area is 98.0 Å². The molecule has 1 aliphatic rings. The lowest BCUT2D eigenvalue weighted by atomic mass is 10.1. The molecule has 84 valence electrons. The summed E-state index contributed by atoms with van der Waals surface area (Å²) in [5.41, 5.74) is 3.50. The van der Waals surface area contributed by atoms with E-state index in [0.717, 1.165) is 22.5 Å². The van der Waals surface area contributed by atoms with Crippen LogP contribution in [0.25, 0.3) is 21.8 Å². The lowest BCUT2D eigenvalue weighted by Gasteiger charge is -1.96. The lowest BCUT2D eigenvalue weighted by molar-refractivity contribution is 0.174. The highest BCUT2D eigenvalue weighted by molar-refractivity contribution is 6.08. The van der Waals surface area contributed by atoms with Gasteiger partial charge in [-0.15, -0.1) is 0 Å². The van der Waals surface area contributed by atoms with Crippen molar-refractivity contribution < 1.29 is 9.47 Å². The zero-order valence-corrected chi connectivity index (χ0v) is 9.41. The topological polar surface area (TPSA) is 34.2 Å². The van der Waals surface area contributed by atoms with Crippen molar-refractivity contribution in [3.63, 3.8) is 0 Å². The minimum absolute atomic E-state index is 0.318. The molecular formula is C14H11NO2. The standard InChI is InChI=1S/C14H11NO2/c1-8-2-3-11-9(4-8)10-5-13-14(17-7-16-13)6-12(10)15-11/h2-6,15H,7H2,1H3. The Kier molecular flexibility index (Phi) is 1.55. The monoisotopic (exact) mass is 225 g/mol. The van der Waals surface area contributed by atoms with Crippen LogP contribution in [0.4, 0.5) is 0 Å². The summed E-state index contributed by atoms with van der Waals surface area (Å²) < 4.78 is 10.8. The molecule has 0 aliphatic carbocycles. The van der Waals surface area contributed by atoms with Crippen LogP contribution in [-0.4, -0.2) is 11.8 Å². The van der Waals surface area contributed by atoms with Crippen LogP contribution in [0.3, 0.4) is 0 Å². The maximum absolute atomic E-state index is 5.42. The Morgan fingerprint density at radius 2 is 1.71 bits per heavy atom. The van der Waals surface area contributed by atoms with Gasteiger partial charge < -0.3 is 14.5 Å². The van der Waals surface area contributed by atoms with Crippen molar-refractivity contribution in [2.24, 2.45) is 0 Å². The van der Waals surface area contributed by atoms with Gasteiger partial charge in [0.05, 0.1) is 5.52 Å². The molecule has 3 heteroatoms. The number of fused-ring (bicyclic) bond motifs is 4. The minimum Gasteiger partial charge on any atom is -0.454 e. The second kappa shape index (κ2) is 2.94. The summed E-state index contributed by atoms with van der Waals surface area (Å²) in [5, 5.41) is 2.42. The Bertz CT molecular complexity index is 743. The quantitative estimate of drug-likeness (QED) is 0.636. The number of hydrogen-bond acceptors (Lipinski definition) is 2. The number of nitrogens with one attached hydrogen (secondary N) is 1. The zero-order chi connectivity index (χ0) is 11.4. The third-order valence-corrected chi connectivity index (χ3v) is 3.25. The molecule has 3 nitrogen and oxygen atoms in total. The first-order chi connectivity index (χ1) is 8.31. The molecule has 2 aromatic carbocycles. The molecule has 2 heterocycles. The van der Waals surface area contributed by atoms with Crippen LogP contribution >= 0.6 is 0 Å². The molecule has 3 aromatic rings. The van der Waals surface area contributed by atoms with E-state index in [1.165, 1.54) is 16.3 Å². The second-order valence-corrected chi connectivity index (χ2v) is 4.43. The Hall–Kier alpha value is -2.16. The summed E-state index contributed by atoms with van der Waals surface area (Å²) in [7, 11) is 0. The fraction of sp³-hybridized carbons (Fsp3) is 0.143. The number of aromatic nitrogens is 1. The molecule has 0 atom stereocenters. The maximum atomic E-state index is 5.42. The van der Waals surface area contributed by atoms with Gasteiger partial charge >= 0.3 is 0 Å². The van der Waals surface area contributed by atoms with Gasteiger partial charge in [0.15, 0.2) is 11.5 Å². The molecule has 0 saturated carbocycles. The maximum Gasteiger partial charge on any atom is 0.231 e. The van der Waals surface area contributed by atoms with Crippen LogP contribution in [0, 0.1) is 6.92 Å². The largest absolute Gasteiger partial charge is 0.454 e. The first-order valence-electron chi connectivity index (χ1n) is 5.63. The van der Waals surface area contributed by atoms with Crippen molar-refractivity contribution in [1.29, 1.82) is 0 Å². The molecule has 0 amide bonds. The molecule has 4 rings (SSSR count). The average Bonchev–Trinajstić information content (AvgIpc) is 2.89. The van der Waals surface area contributed by atoms with Gasteiger partial charge in [-0.1, -0.05) is 11.6 Å². The highest BCUT2D eigenvalue weighted by Crippen LogP contribution is 2.38. The third kappa shape index (κ3) is 1.16. The summed E-state index contributed by atoms with van der Waals surface area (Å²) in [6, 6.07) is 10.5. The van der Waals surface area contributed by atoms with E-state index in [1.807, 2.05) is 6.07 Å². The highest BCUT2D eigenvalue weighted by atomic mass is 16.7. The van der Waals surface area contributed by atoms with E-state index in [2.05, 4.69) is 36.2 Å². The number of aryl methyl sites for hydroxylation is 1. The van der Waals surface area contributed by atoms with Crippen LogP contribution < -0.4 is 9.47 Å². The van der Waals surface area contributed by atoms with Crippen molar-refractivity contribution in [3.8, 4) is 11.5 Å².